The summed E-state index contributed by atoms with van der Waals surface area (Å²) in [6.07, 6.45) is 2.74. The molecule has 0 radical (unpaired) electrons. The van der Waals surface area contributed by atoms with E-state index in [0.29, 0.717) is 25.9 Å². The number of hydrogen-bond donors (Lipinski definition) is 2. The van der Waals surface area contributed by atoms with Gasteiger partial charge in [0.1, 0.15) is 0 Å². The summed E-state index contributed by atoms with van der Waals surface area (Å²) in [5.41, 5.74) is 4.06. The fraction of sp³-hybridized carbons (Fsp3) is 0.238. The van der Waals surface area contributed by atoms with Crippen molar-refractivity contribution in [3.05, 3.63) is 67.0 Å². The summed E-state index contributed by atoms with van der Waals surface area (Å²) in [4.78, 5) is 16.6. The van der Waals surface area contributed by atoms with Crippen molar-refractivity contribution < 1.29 is 9.90 Å². The Morgan fingerprint density at radius 3 is 2.31 bits per heavy atom. The lowest BCUT2D eigenvalue weighted by atomic mass is 10.0. The van der Waals surface area contributed by atoms with E-state index >= 15 is 0 Å². The van der Waals surface area contributed by atoms with Gasteiger partial charge in [0.2, 0.25) is 5.91 Å². The van der Waals surface area contributed by atoms with Crippen LogP contribution < -0.4 is 5.32 Å². The first-order valence-corrected chi connectivity index (χ1v) is 8.83. The lowest BCUT2D eigenvalue weighted by Crippen LogP contribution is -2.26. The van der Waals surface area contributed by atoms with Crippen LogP contribution in [-0.4, -0.2) is 33.7 Å². The third kappa shape index (κ3) is 4.37. The van der Waals surface area contributed by atoms with E-state index in [1.807, 2.05) is 53.1 Å². The Kier molecular flexibility index (Phi) is 6.17. The lowest BCUT2D eigenvalue weighted by Gasteiger charge is -2.11. The van der Waals surface area contributed by atoms with E-state index in [9.17, 15) is 4.79 Å². The normalized spacial score (nSPS) is 10.7. The number of carbonyl (C=O) groups is 1. The van der Waals surface area contributed by atoms with Crippen molar-refractivity contribution in [1.82, 2.24) is 14.9 Å². The van der Waals surface area contributed by atoms with Gasteiger partial charge in [-0.25, -0.2) is 4.98 Å². The highest BCUT2D eigenvalue weighted by molar-refractivity contribution is 5.79. The lowest BCUT2D eigenvalue weighted by molar-refractivity contribution is -0.121. The molecule has 1 amide bonds. The Morgan fingerprint density at radius 1 is 1.00 bits per heavy atom. The summed E-state index contributed by atoms with van der Waals surface area (Å²) in [6.45, 7) is 1.13. The van der Waals surface area contributed by atoms with E-state index in [1.54, 1.807) is 6.33 Å². The molecule has 0 bridgehead atoms. The number of carbonyl (C=O) groups excluding carboxylic acids is 1. The Bertz CT molecular complexity index is 829. The molecule has 3 aromatic rings. The molecule has 0 spiro atoms. The second-order valence-corrected chi connectivity index (χ2v) is 6.04. The van der Waals surface area contributed by atoms with Gasteiger partial charge < -0.3 is 15.0 Å². The fourth-order valence-corrected chi connectivity index (χ4v) is 2.87. The number of aliphatic hydroxyl groups excluding tert-OH is 1. The molecule has 5 heteroatoms. The Labute approximate surface area is 153 Å². The molecular weight excluding hydrogens is 326 g/mol. The van der Waals surface area contributed by atoms with E-state index < -0.39 is 0 Å². The molecular formula is C21H23N3O2. The van der Waals surface area contributed by atoms with Crippen LogP contribution in [0.2, 0.25) is 0 Å². The maximum absolute atomic E-state index is 12.0. The number of benzene rings is 2. The van der Waals surface area contributed by atoms with E-state index in [4.69, 9.17) is 5.11 Å². The van der Waals surface area contributed by atoms with Gasteiger partial charge >= 0.3 is 0 Å². The van der Waals surface area contributed by atoms with Crippen LogP contribution in [0.3, 0.4) is 0 Å². The molecule has 134 valence electrons. The molecule has 0 fully saturated rings. The molecule has 0 aliphatic heterocycles. The van der Waals surface area contributed by atoms with Crippen molar-refractivity contribution in [1.29, 1.82) is 0 Å². The maximum Gasteiger partial charge on any atom is 0.221 e. The van der Waals surface area contributed by atoms with Gasteiger partial charge in [0, 0.05) is 37.2 Å². The molecule has 5 nitrogen and oxygen atoms in total. The number of nitrogens with one attached hydrogen (secondary N) is 1. The second-order valence-electron chi connectivity index (χ2n) is 6.04. The highest BCUT2D eigenvalue weighted by atomic mass is 16.3. The Balaban J connectivity index is 1.84. The third-order valence-corrected chi connectivity index (χ3v) is 4.17. The van der Waals surface area contributed by atoms with E-state index in [0.717, 1.165) is 22.5 Å². The molecule has 1 heterocycles. The molecule has 2 aromatic carbocycles. The van der Waals surface area contributed by atoms with Gasteiger partial charge in [0.05, 0.1) is 17.7 Å². The quantitative estimate of drug-likeness (QED) is 0.614. The van der Waals surface area contributed by atoms with Crippen molar-refractivity contribution >= 4 is 5.91 Å². The second kappa shape index (κ2) is 8.97. The summed E-state index contributed by atoms with van der Waals surface area (Å²) in [5.74, 6) is -0.0209. The van der Waals surface area contributed by atoms with Crippen LogP contribution in [-0.2, 0) is 11.3 Å². The number of hydrogen-bond acceptors (Lipinski definition) is 3. The van der Waals surface area contributed by atoms with Crippen LogP contribution in [0, 0.1) is 0 Å². The molecule has 0 atom stereocenters. The first-order valence-electron chi connectivity index (χ1n) is 8.83. The summed E-state index contributed by atoms with van der Waals surface area (Å²) in [7, 11) is 0. The summed E-state index contributed by atoms with van der Waals surface area (Å²) < 4.78 is 2.03. The molecule has 0 aliphatic carbocycles. The van der Waals surface area contributed by atoms with Gasteiger partial charge in [-0.15, -0.1) is 0 Å². The molecule has 2 N–H and O–H groups in total. The van der Waals surface area contributed by atoms with Gasteiger partial charge in [0.15, 0.2) is 0 Å². The SMILES string of the molecule is O=C(CCn1cnc(-c2ccccc2)c1-c1ccccc1)NCCCO. The number of rotatable bonds is 8. The first-order chi connectivity index (χ1) is 12.8. The highest BCUT2D eigenvalue weighted by Gasteiger charge is 2.15. The van der Waals surface area contributed by atoms with Gasteiger partial charge in [-0.1, -0.05) is 60.7 Å². The zero-order chi connectivity index (χ0) is 18.2. The van der Waals surface area contributed by atoms with Crippen molar-refractivity contribution in [3.8, 4) is 22.5 Å². The maximum atomic E-state index is 12.0. The van der Waals surface area contributed by atoms with E-state index in [-0.39, 0.29) is 12.5 Å². The summed E-state index contributed by atoms with van der Waals surface area (Å²) in [5, 5.41) is 11.6. The van der Waals surface area contributed by atoms with Crippen LogP contribution in [0.1, 0.15) is 12.8 Å². The minimum Gasteiger partial charge on any atom is -0.396 e. The van der Waals surface area contributed by atoms with E-state index in [1.165, 1.54) is 0 Å². The van der Waals surface area contributed by atoms with Crippen LogP contribution in [0.4, 0.5) is 0 Å². The zero-order valence-electron chi connectivity index (χ0n) is 14.6. The molecule has 0 unspecified atom stereocenters. The average molecular weight is 349 g/mol. The number of nitrogens with zero attached hydrogens (tertiary/aromatic N) is 2. The summed E-state index contributed by atoms with van der Waals surface area (Å²) >= 11 is 0. The van der Waals surface area contributed by atoms with Crippen molar-refractivity contribution in [2.24, 2.45) is 0 Å². The molecule has 26 heavy (non-hydrogen) atoms. The minimum atomic E-state index is -0.0209. The largest absolute Gasteiger partial charge is 0.396 e. The van der Waals surface area contributed by atoms with Gasteiger partial charge in [0.25, 0.3) is 0 Å². The van der Waals surface area contributed by atoms with Gasteiger partial charge in [-0.3, -0.25) is 4.79 Å². The molecule has 0 saturated heterocycles. The fourth-order valence-electron chi connectivity index (χ4n) is 2.87. The molecule has 0 saturated carbocycles. The molecule has 3 rings (SSSR count). The van der Waals surface area contributed by atoms with Crippen LogP contribution >= 0.6 is 0 Å². The van der Waals surface area contributed by atoms with Crippen LogP contribution in [0.5, 0.6) is 0 Å². The van der Waals surface area contributed by atoms with Crippen LogP contribution in [0.15, 0.2) is 67.0 Å². The monoisotopic (exact) mass is 349 g/mol. The van der Waals surface area contributed by atoms with Crippen molar-refractivity contribution in [3.63, 3.8) is 0 Å². The Hall–Kier alpha value is -2.92. The van der Waals surface area contributed by atoms with Crippen molar-refractivity contribution in [2.75, 3.05) is 13.2 Å². The predicted octanol–water partition coefficient (Wildman–Crippen LogP) is 3.11. The molecule has 0 aliphatic rings. The first kappa shape index (κ1) is 17.9. The molecule has 1 aromatic heterocycles. The number of aryl methyl sites for hydroxylation is 1. The Morgan fingerprint density at radius 2 is 1.65 bits per heavy atom. The number of amides is 1. The average Bonchev–Trinajstić information content (AvgIpc) is 3.12. The van der Waals surface area contributed by atoms with Gasteiger partial charge in [-0.05, 0) is 6.42 Å². The number of aliphatic hydroxyl groups is 1. The minimum absolute atomic E-state index is 0.0209. The number of imidazole rings is 1. The van der Waals surface area contributed by atoms with Gasteiger partial charge in [-0.2, -0.15) is 0 Å². The highest BCUT2D eigenvalue weighted by Crippen LogP contribution is 2.31. The topological polar surface area (TPSA) is 67.2 Å². The van der Waals surface area contributed by atoms with E-state index in [2.05, 4.69) is 22.4 Å². The van der Waals surface area contributed by atoms with Crippen LogP contribution in [0.25, 0.3) is 22.5 Å². The predicted molar refractivity (Wildman–Crippen MR) is 102 cm³/mol. The zero-order valence-corrected chi connectivity index (χ0v) is 14.6. The third-order valence-electron chi connectivity index (χ3n) is 4.17. The smallest absolute Gasteiger partial charge is 0.221 e. The number of aromatic nitrogens is 2. The standard InChI is InChI=1S/C21H23N3O2/c25-15-7-13-22-19(26)12-14-24-16-23-20(17-8-3-1-4-9-17)21(24)18-10-5-2-6-11-18/h1-6,8-11,16,25H,7,12-15H2,(H,22,26). The summed E-state index contributed by atoms with van der Waals surface area (Å²) in [6, 6.07) is 20.2. The van der Waals surface area contributed by atoms with Crippen molar-refractivity contribution in [2.45, 2.75) is 19.4 Å².